The highest BCUT2D eigenvalue weighted by Crippen LogP contribution is 2.52. The molecule has 0 unspecified atom stereocenters. The Hall–Kier alpha value is -4.69. The number of nitrogens with zero attached hydrogens (tertiary/aromatic N) is 2. The molecule has 2 aromatic heterocycles. The Bertz CT molecular complexity index is 1920. The molecule has 2 heteroatoms. The van der Waals surface area contributed by atoms with E-state index in [2.05, 4.69) is 119 Å². The van der Waals surface area contributed by atoms with Gasteiger partial charge in [0.15, 0.2) is 0 Å². The summed E-state index contributed by atoms with van der Waals surface area (Å²) in [5.41, 5.74) is 11.4. The van der Waals surface area contributed by atoms with Crippen molar-refractivity contribution in [1.29, 1.82) is 0 Å². The van der Waals surface area contributed by atoms with Gasteiger partial charge in [0.25, 0.3) is 0 Å². The van der Waals surface area contributed by atoms with Gasteiger partial charge in [0.2, 0.25) is 0 Å². The third kappa shape index (κ3) is 2.51. The van der Waals surface area contributed by atoms with Gasteiger partial charge in [-0.25, -0.2) is 0 Å². The van der Waals surface area contributed by atoms with Crippen LogP contribution in [0.2, 0.25) is 0 Å². The number of benzene rings is 5. The van der Waals surface area contributed by atoms with Gasteiger partial charge in [-0.15, -0.1) is 0 Å². The van der Waals surface area contributed by atoms with E-state index < -0.39 is 0 Å². The van der Waals surface area contributed by atoms with Gasteiger partial charge < -0.3 is 4.57 Å². The van der Waals surface area contributed by atoms with E-state index in [1.165, 1.54) is 71.6 Å². The fraction of sp³-hybridized carbons (Fsp3) is 0. The van der Waals surface area contributed by atoms with Crippen molar-refractivity contribution in [3.05, 3.63) is 122 Å². The molecule has 0 bridgehead atoms. The summed E-state index contributed by atoms with van der Waals surface area (Å²) in [7, 11) is 0. The average molecular weight is 445 g/mol. The highest BCUT2D eigenvalue weighted by molar-refractivity contribution is 6.26. The first kappa shape index (κ1) is 18.7. The molecule has 5 aromatic carbocycles. The third-order valence-corrected chi connectivity index (χ3v) is 7.44. The Labute approximate surface area is 202 Å². The van der Waals surface area contributed by atoms with Crippen LogP contribution >= 0.6 is 0 Å². The van der Waals surface area contributed by atoms with Crippen molar-refractivity contribution in [3.63, 3.8) is 0 Å². The molecule has 2 nitrogen and oxygen atoms in total. The van der Waals surface area contributed by atoms with Gasteiger partial charge >= 0.3 is 0 Å². The Morgan fingerprint density at radius 3 is 2.06 bits per heavy atom. The minimum Gasteiger partial charge on any atom is -0.309 e. The van der Waals surface area contributed by atoms with Crippen LogP contribution in [0, 0.1) is 0 Å². The van der Waals surface area contributed by atoms with Crippen LogP contribution in [0.25, 0.3) is 71.6 Å². The number of rotatable bonds is 2. The molecule has 0 saturated carbocycles. The molecule has 1 aliphatic rings. The fourth-order valence-electron chi connectivity index (χ4n) is 5.96. The first-order chi connectivity index (χ1) is 17.4. The van der Waals surface area contributed by atoms with Crippen molar-refractivity contribution < 1.29 is 0 Å². The summed E-state index contributed by atoms with van der Waals surface area (Å²) in [5, 5.41) is 5.30. The van der Waals surface area contributed by atoms with Crippen molar-refractivity contribution in [2.24, 2.45) is 0 Å². The van der Waals surface area contributed by atoms with Crippen LogP contribution in [0.3, 0.4) is 0 Å². The lowest BCUT2D eigenvalue weighted by atomic mass is 9.98. The minimum atomic E-state index is 1.17. The Morgan fingerprint density at radius 2 is 1.23 bits per heavy atom. The summed E-state index contributed by atoms with van der Waals surface area (Å²) in [6, 6.07) is 39.7. The van der Waals surface area contributed by atoms with Gasteiger partial charge in [-0.1, -0.05) is 72.8 Å². The van der Waals surface area contributed by atoms with E-state index in [4.69, 9.17) is 0 Å². The van der Waals surface area contributed by atoms with Gasteiger partial charge in [-0.05, 0) is 75.0 Å². The molecule has 0 atom stereocenters. The Kier molecular flexibility index (Phi) is 3.69. The van der Waals surface area contributed by atoms with Gasteiger partial charge in [0.05, 0.1) is 11.0 Å². The molecule has 162 valence electrons. The number of pyridine rings is 1. The molecule has 1 aliphatic carbocycles. The minimum absolute atomic E-state index is 1.17. The smallest absolute Gasteiger partial charge is 0.0547 e. The summed E-state index contributed by atoms with van der Waals surface area (Å²) in [6.45, 7) is 0. The molecule has 0 N–H and O–H groups in total. The van der Waals surface area contributed by atoms with Gasteiger partial charge in [0.1, 0.15) is 0 Å². The fourth-order valence-corrected chi connectivity index (χ4v) is 5.96. The van der Waals surface area contributed by atoms with Crippen LogP contribution < -0.4 is 0 Å². The summed E-state index contributed by atoms with van der Waals surface area (Å²) in [5.74, 6) is 0. The zero-order valence-corrected chi connectivity index (χ0v) is 18.9. The van der Waals surface area contributed by atoms with Crippen molar-refractivity contribution in [3.8, 4) is 39.1 Å². The van der Waals surface area contributed by atoms with Crippen molar-refractivity contribution in [2.45, 2.75) is 0 Å². The van der Waals surface area contributed by atoms with Crippen LogP contribution in [0.15, 0.2) is 122 Å². The molecular formula is C33H20N2. The normalized spacial score (nSPS) is 12.0. The van der Waals surface area contributed by atoms with Crippen molar-refractivity contribution >= 4 is 32.6 Å². The zero-order valence-electron chi connectivity index (χ0n) is 18.9. The number of para-hydroxylation sites is 1. The molecule has 0 radical (unpaired) electrons. The average Bonchev–Trinajstić information content (AvgIpc) is 3.44. The largest absolute Gasteiger partial charge is 0.309 e. The summed E-state index contributed by atoms with van der Waals surface area (Å²) in [6.07, 6.45) is 3.69. The first-order valence-electron chi connectivity index (χ1n) is 12.0. The monoisotopic (exact) mass is 444 g/mol. The van der Waals surface area contributed by atoms with Crippen molar-refractivity contribution in [1.82, 2.24) is 9.55 Å². The molecule has 0 saturated heterocycles. The summed E-state index contributed by atoms with van der Waals surface area (Å²) >= 11 is 0. The number of fused-ring (bicyclic) bond motifs is 7. The Balaban J connectivity index is 1.43. The predicted molar refractivity (Wildman–Crippen MR) is 146 cm³/mol. The van der Waals surface area contributed by atoms with E-state index in [1.54, 1.807) is 0 Å². The molecule has 7 aromatic rings. The highest BCUT2D eigenvalue weighted by Gasteiger charge is 2.26. The van der Waals surface area contributed by atoms with E-state index in [1.807, 2.05) is 12.4 Å². The second kappa shape index (κ2) is 6.91. The van der Waals surface area contributed by atoms with Gasteiger partial charge in [-0.2, -0.15) is 0 Å². The lowest BCUT2D eigenvalue weighted by Crippen LogP contribution is -1.94. The molecular weight excluding hydrogens is 424 g/mol. The number of aromatic nitrogens is 2. The number of hydrogen-bond acceptors (Lipinski definition) is 1. The Morgan fingerprint density at radius 1 is 0.486 bits per heavy atom. The maximum atomic E-state index is 4.15. The van der Waals surface area contributed by atoms with Gasteiger partial charge in [0, 0.05) is 34.4 Å². The maximum absolute atomic E-state index is 4.15. The third-order valence-electron chi connectivity index (χ3n) is 7.44. The molecule has 0 fully saturated rings. The van der Waals surface area contributed by atoms with Crippen LogP contribution in [-0.4, -0.2) is 9.55 Å². The molecule has 35 heavy (non-hydrogen) atoms. The first-order valence-corrected chi connectivity index (χ1v) is 12.0. The lowest BCUT2D eigenvalue weighted by molar-refractivity contribution is 1.18. The lowest BCUT2D eigenvalue weighted by Gasteiger charge is -2.10. The standard InChI is InChI=1S/C33H20N2/c1-2-10-29-27(7-1)33-30(35(29)24-13-11-21(12-14-24)22-17-19-34-20-18-22)16-15-26-25-8-3-5-23-6-4-9-28(31(23)25)32(26)33/h1-20H. The van der Waals surface area contributed by atoms with Crippen LogP contribution in [-0.2, 0) is 0 Å². The van der Waals surface area contributed by atoms with Crippen LogP contribution in [0.5, 0.6) is 0 Å². The number of hydrogen-bond donors (Lipinski definition) is 0. The molecule has 0 amide bonds. The molecule has 8 rings (SSSR count). The van der Waals surface area contributed by atoms with E-state index in [9.17, 15) is 0 Å². The van der Waals surface area contributed by atoms with Crippen molar-refractivity contribution in [2.75, 3.05) is 0 Å². The summed E-state index contributed by atoms with van der Waals surface area (Å²) in [4.78, 5) is 4.15. The van der Waals surface area contributed by atoms with E-state index in [0.717, 1.165) is 0 Å². The summed E-state index contributed by atoms with van der Waals surface area (Å²) < 4.78 is 2.41. The molecule has 2 heterocycles. The SMILES string of the molecule is c1cc2c3c(cccc3c1)-c1c-2ccc2c1c1ccccc1n2-c1ccc(-c2ccncc2)cc1. The second-order valence-electron chi connectivity index (χ2n) is 9.23. The van der Waals surface area contributed by atoms with Crippen LogP contribution in [0.1, 0.15) is 0 Å². The quantitative estimate of drug-likeness (QED) is 0.261. The highest BCUT2D eigenvalue weighted by atomic mass is 15.0. The van der Waals surface area contributed by atoms with Crippen LogP contribution in [0.4, 0.5) is 0 Å². The zero-order chi connectivity index (χ0) is 22.9. The van der Waals surface area contributed by atoms with Gasteiger partial charge in [-0.3, -0.25) is 4.98 Å². The van der Waals surface area contributed by atoms with E-state index in [-0.39, 0.29) is 0 Å². The predicted octanol–water partition coefficient (Wildman–Crippen LogP) is 8.65. The maximum Gasteiger partial charge on any atom is 0.0547 e. The van der Waals surface area contributed by atoms with E-state index >= 15 is 0 Å². The van der Waals surface area contributed by atoms with E-state index in [0.29, 0.717) is 0 Å². The molecule has 0 spiro atoms. The second-order valence-corrected chi connectivity index (χ2v) is 9.23. The topological polar surface area (TPSA) is 17.8 Å². The molecule has 0 aliphatic heterocycles.